The fraction of sp³-hybridized carbons (Fsp3) is 1.00. The molecule has 2 heteroatoms. The average Bonchev–Trinajstić information content (AvgIpc) is 2.80. The lowest BCUT2D eigenvalue weighted by atomic mass is 9.89. The number of nitrogens with zero attached hydrogens (tertiary/aromatic N) is 2. The van der Waals surface area contributed by atoms with Crippen molar-refractivity contribution < 1.29 is 0 Å². The number of likely N-dealkylation sites (N-methyl/N-ethyl adjacent to an activating group) is 1. The Labute approximate surface area is 107 Å². The first-order valence-corrected chi connectivity index (χ1v) is 7.60. The first kappa shape index (κ1) is 13.4. The number of hydrogen-bond acceptors (Lipinski definition) is 2. The predicted octanol–water partition coefficient (Wildman–Crippen LogP) is 2.70. The van der Waals surface area contributed by atoms with Crippen LogP contribution in [0.5, 0.6) is 0 Å². The van der Waals surface area contributed by atoms with Crippen molar-refractivity contribution in [2.24, 2.45) is 17.8 Å². The summed E-state index contributed by atoms with van der Waals surface area (Å²) in [5.41, 5.74) is 0. The van der Waals surface area contributed by atoms with E-state index in [0.29, 0.717) is 0 Å². The van der Waals surface area contributed by atoms with Crippen LogP contribution in [0.15, 0.2) is 0 Å². The number of hydrogen-bond donors (Lipinski definition) is 0. The molecule has 2 rings (SSSR count). The summed E-state index contributed by atoms with van der Waals surface area (Å²) in [6.45, 7) is 11.3. The molecule has 1 aliphatic heterocycles. The second-order valence-corrected chi connectivity index (χ2v) is 6.43. The molecule has 0 amide bonds. The smallest absolute Gasteiger partial charge is 0.0110 e. The van der Waals surface area contributed by atoms with E-state index in [9.17, 15) is 0 Å². The highest BCUT2D eigenvalue weighted by Crippen LogP contribution is 2.37. The third-order valence-electron chi connectivity index (χ3n) is 5.14. The summed E-state index contributed by atoms with van der Waals surface area (Å²) in [7, 11) is 2.24. The molecule has 0 aromatic heterocycles. The minimum absolute atomic E-state index is 0.951. The van der Waals surface area contributed by atoms with Gasteiger partial charge in [-0.25, -0.2) is 0 Å². The molecule has 100 valence electrons. The van der Waals surface area contributed by atoms with Crippen molar-refractivity contribution in [2.75, 3.05) is 39.8 Å². The highest BCUT2D eigenvalue weighted by molar-refractivity contribution is 4.82. The van der Waals surface area contributed by atoms with Crippen molar-refractivity contribution in [1.82, 2.24) is 9.80 Å². The molecule has 1 aliphatic carbocycles. The Morgan fingerprint density at radius 3 is 2.47 bits per heavy atom. The summed E-state index contributed by atoms with van der Waals surface area (Å²) in [5.74, 6) is 2.97. The van der Waals surface area contributed by atoms with Crippen molar-refractivity contribution >= 4 is 0 Å². The van der Waals surface area contributed by atoms with E-state index in [4.69, 9.17) is 0 Å². The molecule has 3 unspecified atom stereocenters. The third kappa shape index (κ3) is 3.69. The summed E-state index contributed by atoms with van der Waals surface area (Å²) >= 11 is 0. The average molecular weight is 238 g/mol. The van der Waals surface area contributed by atoms with Crippen molar-refractivity contribution in [2.45, 2.75) is 39.5 Å². The highest BCUT2D eigenvalue weighted by Gasteiger charge is 2.29. The van der Waals surface area contributed by atoms with Crippen LogP contribution >= 0.6 is 0 Å². The Balaban J connectivity index is 1.70. The predicted molar refractivity (Wildman–Crippen MR) is 74.2 cm³/mol. The monoisotopic (exact) mass is 238 g/mol. The first-order chi connectivity index (χ1) is 8.19. The van der Waals surface area contributed by atoms with Gasteiger partial charge in [-0.1, -0.05) is 20.3 Å². The minimum Gasteiger partial charge on any atom is -0.304 e. The van der Waals surface area contributed by atoms with Crippen LogP contribution in [0.2, 0.25) is 0 Å². The summed E-state index contributed by atoms with van der Waals surface area (Å²) in [4.78, 5) is 5.15. The molecule has 0 aromatic carbocycles. The highest BCUT2D eigenvalue weighted by atomic mass is 15.2. The molecule has 2 fully saturated rings. The molecule has 0 spiro atoms. The largest absolute Gasteiger partial charge is 0.304 e. The maximum Gasteiger partial charge on any atom is 0.0110 e. The molecule has 2 nitrogen and oxygen atoms in total. The van der Waals surface area contributed by atoms with E-state index in [1.54, 1.807) is 0 Å². The van der Waals surface area contributed by atoms with Gasteiger partial charge >= 0.3 is 0 Å². The van der Waals surface area contributed by atoms with Crippen molar-refractivity contribution in [1.29, 1.82) is 0 Å². The molecule has 2 aliphatic rings. The fourth-order valence-electron chi connectivity index (χ4n) is 3.53. The van der Waals surface area contributed by atoms with Gasteiger partial charge in [-0.2, -0.15) is 0 Å². The van der Waals surface area contributed by atoms with Crippen LogP contribution in [0.1, 0.15) is 39.5 Å². The molecule has 0 radical (unpaired) electrons. The van der Waals surface area contributed by atoms with Crippen molar-refractivity contribution in [3.63, 3.8) is 0 Å². The molecule has 1 heterocycles. The van der Waals surface area contributed by atoms with Gasteiger partial charge in [0.2, 0.25) is 0 Å². The quantitative estimate of drug-likeness (QED) is 0.743. The van der Waals surface area contributed by atoms with E-state index in [1.165, 1.54) is 58.4 Å². The first-order valence-electron chi connectivity index (χ1n) is 7.60. The van der Waals surface area contributed by atoms with Gasteiger partial charge in [0.25, 0.3) is 0 Å². The van der Waals surface area contributed by atoms with Crippen LogP contribution < -0.4 is 0 Å². The number of piperazine rings is 1. The van der Waals surface area contributed by atoms with Gasteiger partial charge < -0.3 is 9.80 Å². The van der Waals surface area contributed by atoms with Crippen LogP contribution in [0.4, 0.5) is 0 Å². The lowest BCUT2D eigenvalue weighted by Gasteiger charge is -2.34. The zero-order valence-corrected chi connectivity index (χ0v) is 12.0. The normalized spacial score (nSPS) is 34.1. The second-order valence-electron chi connectivity index (χ2n) is 6.43. The number of rotatable bonds is 4. The molecule has 0 N–H and O–H groups in total. The van der Waals surface area contributed by atoms with E-state index in [2.05, 4.69) is 30.7 Å². The molecule has 3 atom stereocenters. The molecule has 17 heavy (non-hydrogen) atoms. The summed E-state index contributed by atoms with van der Waals surface area (Å²) < 4.78 is 0. The molecular formula is C15H30N2. The topological polar surface area (TPSA) is 6.48 Å². The maximum absolute atomic E-state index is 2.70. The zero-order chi connectivity index (χ0) is 12.3. The van der Waals surface area contributed by atoms with Crippen LogP contribution in [-0.4, -0.2) is 49.6 Å². The Hall–Kier alpha value is -0.0800. The van der Waals surface area contributed by atoms with Gasteiger partial charge in [-0.15, -0.1) is 0 Å². The Kier molecular flexibility index (Phi) is 4.87. The summed E-state index contributed by atoms with van der Waals surface area (Å²) in [5, 5.41) is 0. The van der Waals surface area contributed by atoms with Crippen LogP contribution in [-0.2, 0) is 0 Å². The Bertz CT molecular complexity index is 221. The Morgan fingerprint density at radius 2 is 1.82 bits per heavy atom. The van der Waals surface area contributed by atoms with Gasteiger partial charge in [-0.05, 0) is 44.1 Å². The fourth-order valence-corrected chi connectivity index (χ4v) is 3.53. The molecule has 1 saturated carbocycles. The zero-order valence-electron chi connectivity index (χ0n) is 12.0. The van der Waals surface area contributed by atoms with Crippen LogP contribution in [0.25, 0.3) is 0 Å². The minimum atomic E-state index is 0.951. The van der Waals surface area contributed by atoms with E-state index in [1.807, 2.05) is 0 Å². The summed E-state index contributed by atoms with van der Waals surface area (Å²) in [6.07, 6.45) is 5.85. The molecule has 0 bridgehead atoms. The van der Waals surface area contributed by atoms with Crippen LogP contribution in [0.3, 0.4) is 0 Å². The van der Waals surface area contributed by atoms with Gasteiger partial charge in [0.05, 0.1) is 0 Å². The standard InChI is InChI=1S/C15H30N2/c1-4-13(2)15-6-5-14(11-15)12-17-9-7-16(3)8-10-17/h13-15H,4-12H2,1-3H3. The molecule has 0 aromatic rings. The van der Waals surface area contributed by atoms with E-state index >= 15 is 0 Å². The van der Waals surface area contributed by atoms with Crippen LogP contribution in [0, 0.1) is 17.8 Å². The van der Waals surface area contributed by atoms with Gasteiger partial charge in [-0.3, -0.25) is 0 Å². The van der Waals surface area contributed by atoms with Crippen molar-refractivity contribution in [3.8, 4) is 0 Å². The van der Waals surface area contributed by atoms with E-state index in [0.717, 1.165) is 17.8 Å². The van der Waals surface area contributed by atoms with E-state index < -0.39 is 0 Å². The van der Waals surface area contributed by atoms with Crippen molar-refractivity contribution in [3.05, 3.63) is 0 Å². The van der Waals surface area contributed by atoms with Gasteiger partial charge in [0, 0.05) is 32.7 Å². The summed E-state index contributed by atoms with van der Waals surface area (Å²) in [6, 6.07) is 0. The second kappa shape index (κ2) is 6.19. The Morgan fingerprint density at radius 1 is 1.12 bits per heavy atom. The van der Waals surface area contributed by atoms with E-state index in [-0.39, 0.29) is 0 Å². The van der Waals surface area contributed by atoms with Gasteiger partial charge in [0.15, 0.2) is 0 Å². The molecular weight excluding hydrogens is 208 g/mol. The lowest BCUT2D eigenvalue weighted by Crippen LogP contribution is -2.45. The lowest BCUT2D eigenvalue weighted by molar-refractivity contribution is 0.135. The SMILES string of the molecule is CCC(C)C1CCC(CN2CCN(C)CC2)C1. The third-order valence-corrected chi connectivity index (χ3v) is 5.14. The molecule has 1 saturated heterocycles. The van der Waals surface area contributed by atoms with Gasteiger partial charge in [0.1, 0.15) is 0 Å². The maximum atomic E-state index is 2.70.